The molecule has 2 aliphatic rings. The Morgan fingerprint density at radius 1 is 1.24 bits per heavy atom. The number of ketones is 2. The third-order valence-electron chi connectivity index (χ3n) is 4.57. The van der Waals surface area contributed by atoms with Crippen LogP contribution in [-0.2, 0) is 9.59 Å². The summed E-state index contributed by atoms with van der Waals surface area (Å²) in [4.78, 5) is 35.8. The van der Waals surface area contributed by atoms with E-state index in [0.717, 1.165) is 11.1 Å². The summed E-state index contributed by atoms with van der Waals surface area (Å²) in [5, 5.41) is 8.88. The van der Waals surface area contributed by atoms with Crippen molar-refractivity contribution in [1.82, 2.24) is 0 Å². The van der Waals surface area contributed by atoms with E-state index in [-0.39, 0.29) is 24.4 Å². The third-order valence-corrected chi connectivity index (χ3v) is 4.57. The second kappa shape index (κ2) is 4.65. The van der Waals surface area contributed by atoms with E-state index in [4.69, 9.17) is 5.11 Å². The highest BCUT2D eigenvalue weighted by atomic mass is 16.4. The molecule has 0 aromatic heterocycles. The molecule has 0 spiro atoms. The summed E-state index contributed by atoms with van der Waals surface area (Å²) in [5.41, 5.74) is 2.08. The summed E-state index contributed by atoms with van der Waals surface area (Å²) >= 11 is 0. The van der Waals surface area contributed by atoms with Crippen molar-refractivity contribution in [3.63, 3.8) is 0 Å². The molecule has 0 saturated carbocycles. The fourth-order valence-electron chi connectivity index (χ4n) is 3.49. The first-order valence-corrected chi connectivity index (χ1v) is 7.08. The van der Waals surface area contributed by atoms with Crippen LogP contribution in [-0.4, -0.2) is 22.6 Å². The van der Waals surface area contributed by atoms with Gasteiger partial charge in [-0.1, -0.05) is 24.3 Å². The summed E-state index contributed by atoms with van der Waals surface area (Å²) in [6.45, 7) is 1.87. The van der Waals surface area contributed by atoms with Crippen LogP contribution in [0.3, 0.4) is 0 Å². The Labute approximate surface area is 122 Å². The summed E-state index contributed by atoms with van der Waals surface area (Å²) in [6.07, 6.45) is 0.928. The van der Waals surface area contributed by atoms with Gasteiger partial charge in [-0.05, 0) is 30.9 Å². The van der Waals surface area contributed by atoms with Gasteiger partial charge in [0.25, 0.3) is 0 Å². The maximum absolute atomic E-state index is 12.7. The van der Waals surface area contributed by atoms with E-state index in [1.54, 1.807) is 6.07 Å². The maximum atomic E-state index is 12.7. The number of allylic oxidation sites excluding steroid dienone is 2. The van der Waals surface area contributed by atoms with E-state index in [1.807, 2.05) is 25.1 Å². The van der Waals surface area contributed by atoms with E-state index < -0.39 is 11.4 Å². The minimum Gasteiger partial charge on any atom is -0.481 e. The molecule has 0 fully saturated rings. The van der Waals surface area contributed by atoms with Gasteiger partial charge in [0.05, 0.1) is 5.41 Å². The van der Waals surface area contributed by atoms with Crippen LogP contribution in [0.4, 0.5) is 0 Å². The summed E-state index contributed by atoms with van der Waals surface area (Å²) < 4.78 is 0. The molecule has 21 heavy (non-hydrogen) atoms. The zero-order valence-corrected chi connectivity index (χ0v) is 11.8. The SMILES string of the molecule is CC12CCC(=O)C(CCC(=O)O)=C1c1ccccc1C2=O. The van der Waals surface area contributed by atoms with E-state index in [2.05, 4.69) is 0 Å². The number of carboxylic acids is 1. The molecule has 0 saturated heterocycles. The Kier molecular flexibility index (Phi) is 3.04. The van der Waals surface area contributed by atoms with Gasteiger partial charge in [0.15, 0.2) is 11.6 Å². The van der Waals surface area contributed by atoms with Crippen molar-refractivity contribution in [2.75, 3.05) is 0 Å². The van der Waals surface area contributed by atoms with Crippen LogP contribution in [0.25, 0.3) is 5.57 Å². The molecule has 0 radical (unpaired) electrons. The Bertz CT molecular complexity index is 698. The van der Waals surface area contributed by atoms with Crippen molar-refractivity contribution in [2.45, 2.75) is 32.6 Å². The van der Waals surface area contributed by atoms with Crippen LogP contribution >= 0.6 is 0 Å². The molecule has 0 bridgehead atoms. The molecule has 1 atom stereocenters. The molecule has 1 aromatic rings. The predicted octanol–water partition coefficient (Wildman–Crippen LogP) is 2.87. The number of fused-ring (bicyclic) bond motifs is 3. The van der Waals surface area contributed by atoms with E-state index >= 15 is 0 Å². The number of carbonyl (C=O) groups is 3. The molecular weight excluding hydrogens is 268 g/mol. The van der Waals surface area contributed by atoms with Crippen molar-refractivity contribution in [1.29, 1.82) is 0 Å². The highest BCUT2D eigenvalue weighted by Crippen LogP contribution is 2.53. The molecule has 4 nitrogen and oxygen atoms in total. The third kappa shape index (κ3) is 1.94. The van der Waals surface area contributed by atoms with Gasteiger partial charge in [-0.3, -0.25) is 14.4 Å². The molecule has 1 aromatic carbocycles. The van der Waals surface area contributed by atoms with Gasteiger partial charge in [-0.25, -0.2) is 0 Å². The maximum Gasteiger partial charge on any atom is 0.303 e. The normalized spacial score (nSPS) is 24.0. The van der Waals surface area contributed by atoms with Crippen molar-refractivity contribution in [2.24, 2.45) is 5.41 Å². The van der Waals surface area contributed by atoms with Crippen molar-refractivity contribution < 1.29 is 19.5 Å². The lowest BCUT2D eigenvalue weighted by Gasteiger charge is -2.31. The molecule has 3 rings (SSSR count). The highest BCUT2D eigenvalue weighted by Gasteiger charge is 2.49. The second-order valence-corrected chi connectivity index (χ2v) is 5.88. The van der Waals surface area contributed by atoms with Gasteiger partial charge in [0.1, 0.15) is 0 Å². The average molecular weight is 284 g/mol. The molecule has 4 heteroatoms. The number of Topliss-reactive ketones (excluding diaryl/α,β-unsaturated/α-hetero) is 2. The van der Waals surface area contributed by atoms with Crippen LogP contribution in [0.15, 0.2) is 29.8 Å². The standard InChI is InChI=1S/C17H16O4/c1-17-9-8-13(18)12(6-7-14(19)20)15(17)10-4-2-3-5-11(10)16(17)21/h2-5H,6-9H2,1H3,(H,19,20). The molecule has 1 unspecified atom stereocenters. The minimum atomic E-state index is -0.930. The van der Waals surface area contributed by atoms with Crippen molar-refractivity contribution in [3.05, 3.63) is 41.0 Å². The Morgan fingerprint density at radius 3 is 2.57 bits per heavy atom. The number of hydrogen-bond donors (Lipinski definition) is 1. The van der Waals surface area contributed by atoms with E-state index in [1.165, 1.54) is 0 Å². The van der Waals surface area contributed by atoms with Gasteiger partial charge in [0.2, 0.25) is 0 Å². The Morgan fingerprint density at radius 2 is 1.90 bits per heavy atom. The number of hydrogen-bond acceptors (Lipinski definition) is 3. The van der Waals surface area contributed by atoms with E-state index in [9.17, 15) is 14.4 Å². The fraction of sp³-hybridized carbons (Fsp3) is 0.353. The molecule has 0 aliphatic heterocycles. The number of aliphatic carboxylic acids is 1. The molecule has 1 N–H and O–H groups in total. The first-order valence-electron chi connectivity index (χ1n) is 7.08. The Balaban J connectivity index is 2.20. The molecule has 0 heterocycles. The van der Waals surface area contributed by atoms with Gasteiger partial charge < -0.3 is 5.11 Å². The number of carboxylic acid groups (broad SMARTS) is 1. The lowest BCUT2D eigenvalue weighted by atomic mass is 9.70. The average Bonchev–Trinajstić information content (AvgIpc) is 2.68. The minimum absolute atomic E-state index is 0.0202. The smallest absolute Gasteiger partial charge is 0.303 e. The number of benzene rings is 1. The molecule has 108 valence electrons. The van der Waals surface area contributed by atoms with Crippen LogP contribution < -0.4 is 0 Å². The van der Waals surface area contributed by atoms with Crippen LogP contribution in [0, 0.1) is 5.41 Å². The summed E-state index contributed by atoms with van der Waals surface area (Å²) in [5.74, 6) is -0.901. The summed E-state index contributed by atoms with van der Waals surface area (Å²) in [7, 11) is 0. The quantitative estimate of drug-likeness (QED) is 0.926. The van der Waals surface area contributed by atoms with Gasteiger partial charge in [-0.15, -0.1) is 0 Å². The molecule has 0 amide bonds. The van der Waals surface area contributed by atoms with Crippen LogP contribution in [0.5, 0.6) is 0 Å². The fourth-order valence-corrected chi connectivity index (χ4v) is 3.49. The zero-order valence-electron chi connectivity index (χ0n) is 11.8. The second-order valence-electron chi connectivity index (χ2n) is 5.88. The van der Waals surface area contributed by atoms with Crippen molar-refractivity contribution in [3.8, 4) is 0 Å². The van der Waals surface area contributed by atoms with Gasteiger partial charge in [0, 0.05) is 24.0 Å². The van der Waals surface area contributed by atoms with Crippen molar-refractivity contribution >= 4 is 23.1 Å². The van der Waals surface area contributed by atoms with Crippen LogP contribution in [0.1, 0.15) is 48.5 Å². The predicted molar refractivity (Wildman–Crippen MR) is 76.9 cm³/mol. The largest absolute Gasteiger partial charge is 0.481 e. The van der Waals surface area contributed by atoms with Gasteiger partial charge in [-0.2, -0.15) is 0 Å². The number of rotatable bonds is 3. The zero-order chi connectivity index (χ0) is 15.2. The lowest BCUT2D eigenvalue weighted by Crippen LogP contribution is -2.30. The summed E-state index contributed by atoms with van der Waals surface area (Å²) in [6, 6.07) is 7.30. The topological polar surface area (TPSA) is 71.4 Å². The highest BCUT2D eigenvalue weighted by molar-refractivity contribution is 6.22. The monoisotopic (exact) mass is 284 g/mol. The van der Waals surface area contributed by atoms with E-state index in [0.29, 0.717) is 24.0 Å². The Hall–Kier alpha value is -2.23. The molecular formula is C17H16O4. The first kappa shape index (κ1) is 13.7. The first-order chi connectivity index (χ1) is 9.95. The number of carbonyl (C=O) groups excluding carboxylic acids is 2. The lowest BCUT2D eigenvalue weighted by molar-refractivity contribution is -0.136. The van der Waals surface area contributed by atoms with Crippen LogP contribution in [0.2, 0.25) is 0 Å². The van der Waals surface area contributed by atoms with Gasteiger partial charge >= 0.3 is 5.97 Å². The molecule has 2 aliphatic carbocycles.